The number of thiophene rings is 4. The van der Waals surface area contributed by atoms with Crippen molar-refractivity contribution in [2.24, 2.45) is 5.16 Å². The van der Waals surface area contributed by atoms with Crippen molar-refractivity contribution in [2.45, 2.75) is 281 Å². The van der Waals surface area contributed by atoms with Crippen LogP contribution in [0.2, 0.25) is 11.6 Å². The lowest BCUT2D eigenvalue weighted by atomic mass is 9.64. The van der Waals surface area contributed by atoms with E-state index < -0.39 is 101 Å². The lowest BCUT2D eigenvalue weighted by Crippen LogP contribution is -2.48. The molecule has 7 aromatic rings. The zero-order valence-corrected chi connectivity index (χ0v) is 81.9. The standard InChI is InChI=1S/C19H23BN4O7S.C15H21BN2O4.2C14H20BNO4S.2C14H18BNO4S/c1-10(25)4-13-3-2-11(20(29)31-13)5-16(27)18(14-9-32-19(21)23-14)24-30-8-12-6-15(26)17(28)7-22-12;1-10(19)6-14-3-2-12(16(21)22-14)9-13(20)7-11-4-5-18-15(17)8-11;4*1-10(17)8-11-4-2-6-13(15(19)20-11)16-14(18)9-12-5-3-7-21-12/h6-7,9,11,13,28-29H,2-5,8H2,1H3,(H2,21,23)(H,22,26);4-5,8,12,14,21H,2-3,6-7,9H2,1H3,(H2,17,18);2*3,5,7,11,13,19H,2,4,6,8-9H2,1H3,(H,16,18);2*2-5,7,11,13,19H,6,8-9H2,1H3,(H,16,18)/b24-18-;;;;;/t11-,13+;12-,14+;11-,13+;11-,13-;11-,13+;11-,13-/m111010/s1. The van der Waals surface area contributed by atoms with Gasteiger partial charge in [-0.2, -0.15) is 0 Å². The number of aromatic hydroxyl groups is 1. The molecule has 138 heavy (non-hydrogen) atoms. The lowest BCUT2D eigenvalue weighted by molar-refractivity contribution is -0.121. The number of carbonyl (C=O) groups excluding carboxylic acids is 12. The summed E-state index contributed by atoms with van der Waals surface area (Å²) in [7, 11) is -6.49. The molecule has 4 fully saturated rings. The first-order chi connectivity index (χ1) is 65.8. The Kier molecular flexibility index (Phi) is 48.9. The van der Waals surface area contributed by atoms with Crippen molar-refractivity contribution >= 4 is 186 Å². The highest BCUT2D eigenvalue weighted by Gasteiger charge is 2.42. The zero-order chi connectivity index (χ0) is 100. The number of nitrogen functional groups attached to an aromatic ring is 2. The minimum absolute atomic E-state index is 0.00275. The molecule has 0 radical (unpaired) electrons. The molecule has 0 bridgehead atoms. The van der Waals surface area contributed by atoms with E-state index in [2.05, 4.69) is 41.4 Å². The fourth-order valence-corrected chi connectivity index (χ4v) is 18.8. The third kappa shape index (κ3) is 43.0. The van der Waals surface area contributed by atoms with Gasteiger partial charge in [-0.25, -0.2) is 9.97 Å². The van der Waals surface area contributed by atoms with E-state index in [0.717, 1.165) is 74.4 Å². The number of H-pyrrole nitrogens is 1. The molecule has 37 nitrogen and oxygen atoms in total. The van der Waals surface area contributed by atoms with E-state index in [-0.39, 0.29) is 156 Å². The van der Waals surface area contributed by atoms with Gasteiger partial charge in [0.15, 0.2) is 29.0 Å². The normalized spacial score (nSPS) is 21.4. The number of nitrogens with one attached hydrogen (secondary N) is 5. The highest BCUT2D eigenvalue weighted by molar-refractivity contribution is 7.13. The van der Waals surface area contributed by atoms with E-state index in [0.29, 0.717) is 108 Å². The van der Waals surface area contributed by atoms with Crippen molar-refractivity contribution in [3.8, 4) is 5.75 Å². The van der Waals surface area contributed by atoms with Crippen molar-refractivity contribution in [2.75, 3.05) is 11.5 Å². The number of rotatable bonds is 35. The van der Waals surface area contributed by atoms with Gasteiger partial charge in [-0.05, 0) is 182 Å². The van der Waals surface area contributed by atoms with E-state index in [1.807, 2.05) is 82.2 Å². The Morgan fingerprint density at radius 1 is 0.471 bits per heavy atom. The summed E-state index contributed by atoms with van der Waals surface area (Å²) in [6.07, 6.45) is 19.0. The monoisotopic (exact) mass is 2000 g/mol. The second-order valence-corrected chi connectivity index (χ2v) is 39.4. The van der Waals surface area contributed by atoms with Crippen LogP contribution in [0.4, 0.5) is 10.9 Å². The average Bonchev–Trinajstić information content (AvgIpc) is 1.05. The number of oxime groups is 1. The number of pyridine rings is 2. The number of carbonyl (C=O) groups is 12. The van der Waals surface area contributed by atoms with Crippen molar-refractivity contribution in [1.29, 1.82) is 0 Å². The fraction of sp³-hybridized carbons (Fsp3) is 0.489. The molecule has 13 heterocycles. The molecule has 0 saturated carbocycles. The minimum Gasteiger partial charge on any atom is -0.503 e. The molecule has 48 heteroatoms. The summed E-state index contributed by atoms with van der Waals surface area (Å²) in [5, 5.41) is 94.4. The van der Waals surface area contributed by atoms with Crippen LogP contribution in [0.3, 0.4) is 0 Å². The maximum atomic E-state index is 13.0. The molecule has 13 rings (SSSR count). The molecular formula is C90H120B6N10O27S5. The van der Waals surface area contributed by atoms with Crippen LogP contribution < -0.4 is 38.2 Å². The number of hydrogen-bond donors (Lipinski definition) is 14. The summed E-state index contributed by atoms with van der Waals surface area (Å²) < 4.78 is 32.7. The summed E-state index contributed by atoms with van der Waals surface area (Å²) in [5.74, 6) is -3.35. The number of nitrogens with zero attached hydrogens (tertiary/aromatic N) is 3. The summed E-state index contributed by atoms with van der Waals surface area (Å²) in [6, 6.07) is 19.8. The van der Waals surface area contributed by atoms with E-state index in [1.165, 1.54) is 86.9 Å². The molecule has 0 aliphatic carbocycles. The van der Waals surface area contributed by atoms with Crippen LogP contribution in [-0.2, 0) is 129 Å². The molecule has 12 atom stereocenters. The number of ketones is 8. The average molecular weight is 2000 g/mol. The molecule has 4 saturated heterocycles. The molecule has 6 aliphatic heterocycles. The number of hydrogen-bond acceptors (Lipinski definition) is 37. The summed E-state index contributed by atoms with van der Waals surface area (Å²) >= 11 is 7.24. The van der Waals surface area contributed by atoms with Crippen molar-refractivity contribution < 1.29 is 126 Å². The number of aromatic nitrogens is 3. The third-order valence-electron chi connectivity index (χ3n) is 22.0. The van der Waals surface area contributed by atoms with Crippen LogP contribution in [0.25, 0.3) is 0 Å². The van der Waals surface area contributed by atoms with Gasteiger partial charge in [-0.3, -0.25) is 62.3 Å². The number of thiazole rings is 1. The predicted octanol–water partition coefficient (Wildman–Crippen LogP) is 7.11. The second-order valence-electron chi connectivity index (χ2n) is 34.4. The van der Waals surface area contributed by atoms with Crippen molar-refractivity contribution in [3.05, 3.63) is 177 Å². The first-order valence-corrected chi connectivity index (χ1v) is 49.9. The molecule has 740 valence electrons. The van der Waals surface area contributed by atoms with Crippen LogP contribution >= 0.6 is 56.7 Å². The van der Waals surface area contributed by atoms with Crippen LogP contribution in [-0.4, -0.2) is 229 Å². The quantitative estimate of drug-likeness (QED) is 0.00814. The molecule has 6 aliphatic rings. The number of aromatic amines is 1. The molecule has 0 unspecified atom stereocenters. The zero-order valence-electron chi connectivity index (χ0n) is 77.8. The molecule has 0 aromatic carbocycles. The third-order valence-corrected chi connectivity index (χ3v) is 26.2. The largest absolute Gasteiger partial charge is 0.503 e. The number of Topliss-reactive ketones (excluding diaryl/α,β-unsaturated/α-hetero) is 8. The summed E-state index contributed by atoms with van der Waals surface area (Å²) in [6.45, 7) is 8.80. The minimum atomic E-state index is -1.18. The first kappa shape index (κ1) is 113. The Morgan fingerprint density at radius 3 is 1.23 bits per heavy atom. The van der Waals surface area contributed by atoms with Gasteiger partial charge in [0.05, 0.1) is 67.3 Å². The predicted molar refractivity (Wildman–Crippen MR) is 528 cm³/mol. The summed E-state index contributed by atoms with van der Waals surface area (Å²) in [4.78, 5) is 171. The van der Waals surface area contributed by atoms with E-state index in [1.54, 1.807) is 35.9 Å². The Balaban J connectivity index is 0.000000205. The van der Waals surface area contributed by atoms with Crippen molar-refractivity contribution in [1.82, 2.24) is 36.2 Å². The maximum Gasteiger partial charge on any atom is 0.478 e. The molecule has 0 spiro atoms. The fourth-order valence-electron chi connectivity index (χ4n) is 15.5. The highest BCUT2D eigenvalue weighted by atomic mass is 32.1. The Labute approximate surface area is 822 Å². The van der Waals surface area contributed by atoms with E-state index in [9.17, 15) is 97.6 Å². The van der Waals surface area contributed by atoms with Gasteiger partial charge in [-0.1, -0.05) is 53.7 Å². The summed E-state index contributed by atoms with van der Waals surface area (Å²) in [5.41, 5.74) is 12.0. The van der Waals surface area contributed by atoms with Crippen molar-refractivity contribution in [3.63, 3.8) is 0 Å². The number of anilines is 2. The highest BCUT2D eigenvalue weighted by Crippen LogP contribution is 2.34. The first-order valence-electron chi connectivity index (χ1n) is 45.5. The van der Waals surface area contributed by atoms with Crippen LogP contribution in [0.1, 0.15) is 206 Å². The van der Waals surface area contributed by atoms with E-state index >= 15 is 0 Å². The topological polar surface area (TPSA) is 582 Å². The number of nitrogens with two attached hydrogens (primary N) is 2. The Hall–Kier alpha value is -9.97. The molecule has 7 aromatic heterocycles. The Morgan fingerprint density at radius 2 is 0.862 bits per heavy atom. The molecular weight excluding hydrogens is 1880 g/mol. The van der Waals surface area contributed by atoms with Gasteiger partial charge >= 0.3 is 42.7 Å². The number of amides is 4. The lowest BCUT2D eigenvalue weighted by Gasteiger charge is -2.30. The smallest absolute Gasteiger partial charge is 0.478 e. The van der Waals surface area contributed by atoms with Gasteiger partial charge in [0.2, 0.25) is 29.1 Å². The molecule has 4 amide bonds. The van der Waals surface area contributed by atoms with E-state index in [4.69, 9.17) is 44.2 Å². The van der Waals surface area contributed by atoms with Crippen LogP contribution in [0.5, 0.6) is 5.75 Å². The van der Waals surface area contributed by atoms with Gasteiger partial charge in [0, 0.05) is 137 Å². The van der Waals surface area contributed by atoms with Gasteiger partial charge in [0.1, 0.15) is 52.0 Å². The SMILES string of the molecule is CC(=O)C[C@@H]1C=CC[C@H](NC(=O)Cc2cccs2)B(O)O1.CC(=O)C[C@@H]1CCC[C@H](NC(=O)Cc2cccs2)B(O)O1.CC(=O)C[C@@H]1CC[C@H](CC(=O)/C(=N\OCc2cc(=O)c(O)c[nH]2)c2csc(N)n2)B(O)O1.CC(=O)C[C@@H]1CC[C@H](CC(=O)Cc2ccnc(N)c2)B(O)O1.CC(=O)C[C@H]1C=CC[C@H](NC(=O)Cc2cccs2)B(O)O1.CC(=O)C[C@H]1CCC[C@H](NC(=O)Cc2cccs2)B(O)O1. The van der Waals surface area contributed by atoms with Gasteiger partial charge < -0.3 is 106 Å². The second kappa shape index (κ2) is 59.6. The van der Waals surface area contributed by atoms with Gasteiger partial charge in [-0.15, -0.1) is 56.7 Å². The van der Waals surface area contributed by atoms with Crippen LogP contribution in [0, 0.1) is 0 Å². The molecule has 16 N–H and O–H groups in total. The van der Waals surface area contributed by atoms with Crippen LogP contribution in [0.15, 0.2) is 140 Å². The Bertz CT molecular complexity index is 5040. The maximum absolute atomic E-state index is 13.0. The van der Waals surface area contributed by atoms with Gasteiger partial charge in [0.25, 0.3) is 0 Å².